The third-order valence-corrected chi connectivity index (χ3v) is 5.85. The van der Waals surface area contributed by atoms with Gasteiger partial charge in [0.05, 0.1) is 20.3 Å². The highest BCUT2D eigenvalue weighted by molar-refractivity contribution is 5.76. The maximum atomic E-state index is 13.4. The van der Waals surface area contributed by atoms with E-state index in [0.29, 0.717) is 0 Å². The van der Waals surface area contributed by atoms with E-state index in [1.807, 2.05) is 71.2 Å². The number of aryl methyl sites for hydroxylation is 1. The number of urea groups is 1. The van der Waals surface area contributed by atoms with Crippen LogP contribution < -0.4 is 14.8 Å². The molecule has 1 aromatic heterocycles. The fourth-order valence-corrected chi connectivity index (χ4v) is 4.14. The van der Waals surface area contributed by atoms with Crippen LogP contribution >= 0.6 is 0 Å². The van der Waals surface area contributed by atoms with Gasteiger partial charge in [0, 0.05) is 26.0 Å². The third kappa shape index (κ3) is 4.35. The molecule has 0 saturated carbocycles. The summed E-state index contributed by atoms with van der Waals surface area (Å²) in [6, 6.07) is 15.3. The molecule has 1 aliphatic heterocycles. The minimum atomic E-state index is -0.365. The zero-order valence-corrected chi connectivity index (χ0v) is 18.1. The Kier molecular flexibility index (Phi) is 6.11. The molecule has 2 heterocycles. The topological polar surface area (TPSA) is 68.6 Å². The van der Waals surface area contributed by atoms with Crippen molar-refractivity contribution in [2.45, 2.75) is 24.9 Å². The first-order chi connectivity index (χ1) is 15.1. The van der Waals surface area contributed by atoms with Gasteiger partial charge in [0.25, 0.3) is 0 Å². The standard InChI is InChI=1S/C24H28N4O3/c1-27-16-14-25-23(27)22(18-8-12-20(31-3)13-9-18)26-24(29)28-15-4-5-21(28)17-6-10-19(30-2)11-7-17/h6-14,16,21-22H,4-5,15H2,1-3H3,(H,26,29). The molecular formula is C24H28N4O3. The predicted molar refractivity (Wildman–Crippen MR) is 118 cm³/mol. The van der Waals surface area contributed by atoms with Crippen molar-refractivity contribution in [1.29, 1.82) is 0 Å². The first kappa shape index (κ1) is 20.8. The summed E-state index contributed by atoms with van der Waals surface area (Å²) in [5.74, 6) is 2.36. The number of carbonyl (C=O) groups excluding carboxylic acids is 1. The normalized spacial score (nSPS) is 16.7. The highest BCUT2D eigenvalue weighted by Crippen LogP contribution is 2.33. The number of hydrogen-bond acceptors (Lipinski definition) is 4. The van der Waals surface area contributed by atoms with Crippen LogP contribution in [-0.4, -0.2) is 41.2 Å². The van der Waals surface area contributed by atoms with Crippen molar-refractivity contribution in [2.75, 3.05) is 20.8 Å². The number of hydrogen-bond donors (Lipinski definition) is 1. The van der Waals surface area contributed by atoms with E-state index in [1.54, 1.807) is 20.4 Å². The minimum Gasteiger partial charge on any atom is -0.497 e. The van der Waals surface area contributed by atoms with E-state index in [4.69, 9.17) is 9.47 Å². The fraction of sp³-hybridized carbons (Fsp3) is 0.333. The first-order valence-electron chi connectivity index (χ1n) is 10.4. The lowest BCUT2D eigenvalue weighted by Gasteiger charge is -2.28. The van der Waals surface area contributed by atoms with Crippen LogP contribution in [0, 0.1) is 0 Å². The number of benzene rings is 2. The Morgan fingerprint density at radius 2 is 1.71 bits per heavy atom. The van der Waals surface area contributed by atoms with Crippen LogP contribution in [-0.2, 0) is 7.05 Å². The Morgan fingerprint density at radius 1 is 1.06 bits per heavy atom. The van der Waals surface area contributed by atoms with Crippen LogP contribution in [0.3, 0.4) is 0 Å². The molecule has 7 nitrogen and oxygen atoms in total. The highest BCUT2D eigenvalue weighted by atomic mass is 16.5. The monoisotopic (exact) mass is 420 g/mol. The highest BCUT2D eigenvalue weighted by Gasteiger charge is 2.32. The number of aromatic nitrogens is 2. The van der Waals surface area contributed by atoms with Crippen molar-refractivity contribution < 1.29 is 14.3 Å². The number of carbonyl (C=O) groups is 1. The van der Waals surface area contributed by atoms with Gasteiger partial charge in [-0.3, -0.25) is 0 Å². The molecule has 1 N–H and O–H groups in total. The first-order valence-corrected chi connectivity index (χ1v) is 10.4. The quantitative estimate of drug-likeness (QED) is 0.653. The van der Waals surface area contributed by atoms with Crippen molar-refractivity contribution >= 4 is 6.03 Å². The van der Waals surface area contributed by atoms with Crippen molar-refractivity contribution in [2.24, 2.45) is 7.05 Å². The number of methoxy groups -OCH3 is 2. The van der Waals surface area contributed by atoms with Gasteiger partial charge in [-0.05, 0) is 48.2 Å². The average molecular weight is 421 g/mol. The predicted octanol–water partition coefficient (Wildman–Crippen LogP) is 4.07. The third-order valence-electron chi connectivity index (χ3n) is 5.85. The molecule has 1 fully saturated rings. The summed E-state index contributed by atoms with van der Waals surface area (Å²) in [6.07, 6.45) is 5.54. The summed E-state index contributed by atoms with van der Waals surface area (Å²) in [6.45, 7) is 0.721. The number of likely N-dealkylation sites (tertiary alicyclic amines) is 1. The van der Waals surface area contributed by atoms with Gasteiger partial charge >= 0.3 is 6.03 Å². The maximum Gasteiger partial charge on any atom is 0.318 e. The molecular weight excluding hydrogens is 392 g/mol. The summed E-state index contributed by atoms with van der Waals surface area (Å²) in [5.41, 5.74) is 2.06. The van der Waals surface area contributed by atoms with E-state index in [-0.39, 0.29) is 18.1 Å². The van der Waals surface area contributed by atoms with Crippen LogP contribution in [0.2, 0.25) is 0 Å². The van der Waals surface area contributed by atoms with Crippen LogP contribution in [0.1, 0.15) is 41.9 Å². The van der Waals surface area contributed by atoms with E-state index in [0.717, 1.165) is 47.8 Å². The number of nitrogens with one attached hydrogen (secondary N) is 1. The molecule has 4 rings (SSSR count). The molecule has 0 spiro atoms. The van der Waals surface area contributed by atoms with Crippen molar-refractivity contribution in [3.63, 3.8) is 0 Å². The lowest BCUT2D eigenvalue weighted by Crippen LogP contribution is -2.42. The van der Waals surface area contributed by atoms with E-state index in [1.165, 1.54) is 0 Å². The summed E-state index contributed by atoms with van der Waals surface area (Å²) in [5, 5.41) is 3.22. The van der Waals surface area contributed by atoms with E-state index >= 15 is 0 Å². The Morgan fingerprint density at radius 3 is 2.29 bits per heavy atom. The van der Waals surface area contributed by atoms with Crippen molar-refractivity contribution in [1.82, 2.24) is 19.8 Å². The van der Waals surface area contributed by atoms with Gasteiger partial charge in [-0.2, -0.15) is 0 Å². The second-order valence-corrected chi connectivity index (χ2v) is 7.68. The van der Waals surface area contributed by atoms with Gasteiger partial charge in [-0.15, -0.1) is 0 Å². The van der Waals surface area contributed by atoms with Gasteiger partial charge in [0.2, 0.25) is 0 Å². The van der Waals surface area contributed by atoms with Crippen molar-refractivity contribution in [3.8, 4) is 11.5 Å². The molecule has 162 valence electrons. The van der Waals surface area contributed by atoms with Gasteiger partial charge in [-0.1, -0.05) is 24.3 Å². The molecule has 3 aromatic rings. The smallest absolute Gasteiger partial charge is 0.318 e. The summed E-state index contributed by atoms with van der Waals surface area (Å²) in [4.78, 5) is 19.8. The average Bonchev–Trinajstić information content (AvgIpc) is 3.47. The van der Waals surface area contributed by atoms with Crippen LogP contribution in [0.5, 0.6) is 11.5 Å². The maximum absolute atomic E-state index is 13.4. The van der Waals surface area contributed by atoms with Crippen LogP contribution in [0.4, 0.5) is 4.79 Å². The van der Waals surface area contributed by atoms with Gasteiger partial charge < -0.3 is 24.3 Å². The van der Waals surface area contributed by atoms with Gasteiger partial charge in [-0.25, -0.2) is 9.78 Å². The Balaban J connectivity index is 1.58. The second kappa shape index (κ2) is 9.12. The molecule has 2 unspecified atom stereocenters. The molecule has 0 bridgehead atoms. The van der Waals surface area contributed by atoms with Crippen LogP contribution in [0.25, 0.3) is 0 Å². The summed E-state index contributed by atoms with van der Waals surface area (Å²) in [7, 11) is 5.22. The number of amides is 2. The van der Waals surface area contributed by atoms with E-state index < -0.39 is 0 Å². The number of nitrogens with zero attached hydrogens (tertiary/aromatic N) is 3. The Bertz CT molecular complexity index is 1010. The molecule has 0 radical (unpaired) electrons. The SMILES string of the molecule is COc1ccc(C(NC(=O)N2CCCC2c2ccc(OC)cc2)c2nccn2C)cc1. The zero-order valence-electron chi connectivity index (χ0n) is 18.1. The van der Waals surface area contributed by atoms with Crippen LogP contribution in [0.15, 0.2) is 60.9 Å². The lowest BCUT2D eigenvalue weighted by molar-refractivity contribution is 0.190. The second-order valence-electron chi connectivity index (χ2n) is 7.68. The van der Waals surface area contributed by atoms with Crippen molar-refractivity contribution in [3.05, 3.63) is 77.9 Å². The van der Waals surface area contributed by atoms with Gasteiger partial charge in [0.1, 0.15) is 23.4 Å². The molecule has 31 heavy (non-hydrogen) atoms. The molecule has 1 aliphatic rings. The zero-order chi connectivity index (χ0) is 21.8. The Labute approximate surface area is 182 Å². The molecule has 2 aromatic carbocycles. The van der Waals surface area contributed by atoms with Gasteiger partial charge in [0.15, 0.2) is 0 Å². The molecule has 0 aliphatic carbocycles. The molecule has 7 heteroatoms. The molecule has 1 saturated heterocycles. The Hall–Kier alpha value is -3.48. The van der Waals surface area contributed by atoms with E-state index in [2.05, 4.69) is 10.3 Å². The number of rotatable bonds is 6. The fourth-order valence-electron chi connectivity index (χ4n) is 4.14. The lowest BCUT2D eigenvalue weighted by atomic mass is 10.0. The number of imidazole rings is 1. The summed E-state index contributed by atoms with van der Waals surface area (Å²) >= 11 is 0. The molecule has 2 amide bonds. The minimum absolute atomic E-state index is 0.0452. The molecule has 2 atom stereocenters. The largest absolute Gasteiger partial charge is 0.497 e. The summed E-state index contributed by atoms with van der Waals surface area (Å²) < 4.78 is 12.5. The van der Waals surface area contributed by atoms with E-state index in [9.17, 15) is 4.79 Å². The number of ether oxygens (including phenoxy) is 2.